The molecule has 5 nitrogen and oxygen atoms in total. The molecule has 0 rings (SSSR count). The minimum absolute atomic E-state index is 0.149. The van der Waals surface area contributed by atoms with Gasteiger partial charge in [0, 0.05) is 6.54 Å². The zero-order valence-electron chi connectivity index (χ0n) is 8.91. The molecule has 0 heterocycles. The molecule has 0 aliphatic carbocycles. The molecule has 0 aromatic heterocycles. The zero-order valence-corrected chi connectivity index (χ0v) is 9.73. The summed E-state index contributed by atoms with van der Waals surface area (Å²) in [7, 11) is 1.30. The van der Waals surface area contributed by atoms with Crippen molar-refractivity contribution in [1.82, 2.24) is 5.32 Å². The highest BCUT2D eigenvalue weighted by Gasteiger charge is 2.18. The van der Waals surface area contributed by atoms with Crippen molar-refractivity contribution in [2.75, 3.05) is 13.7 Å². The predicted octanol–water partition coefficient (Wildman–Crippen LogP) is -0.0220. The van der Waals surface area contributed by atoms with E-state index >= 15 is 0 Å². The number of carbonyl (C=O) groups is 2. The monoisotopic (exact) mass is 232 g/mol. The molecule has 15 heavy (non-hydrogen) atoms. The number of methoxy groups -OCH3 is 1. The van der Waals surface area contributed by atoms with Crippen molar-refractivity contribution in [1.29, 1.82) is 0 Å². The highest BCUT2D eigenvalue weighted by Crippen LogP contribution is 2.02. The average molecular weight is 232 g/mol. The van der Waals surface area contributed by atoms with Gasteiger partial charge in [0.15, 0.2) is 0 Å². The molecular formula is C9H16N2O3S. The summed E-state index contributed by atoms with van der Waals surface area (Å²) in [5.41, 5.74) is 5.38. The maximum atomic E-state index is 11.5. The van der Waals surface area contributed by atoms with Crippen molar-refractivity contribution >= 4 is 29.1 Å². The standard InChI is InChI=1S/C9H16N2O3S/c1-3-6(8(10)15)9(13)11-5-4-7(12)14-2/h6H,3-5H2,1-2H3,(H2,10,15)(H,11,13). The molecule has 0 aromatic rings. The molecule has 0 saturated carbocycles. The van der Waals surface area contributed by atoms with Crippen LogP contribution in [0.4, 0.5) is 0 Å². The van der Waals surface area contributed by atoms with Gasteiger partial charge in [-0.15, -0.1) is 0 Å². The van der Waals surface area contributed by atoms with Crippen molar-refractivity contribution < 1.29 is 14.3 Å². The molecule has 6 heteroatoms. The van der Waals surface area contributed by atoms with Crippen LogP contribution in [0.5, 0.6) is 0 Å². The first kappa shape index (κ1) is 13.8. The summed E-state index contributed by atoms with van der Waals surface area (Å²) in [4.78, 5) is 22.4. The Morgan fingerprint density at radius 1 is 1.53 bits per heavy atom. The van der Waals surface area contributed by atoms with Gasteiger partial charge in [-0.2, -0.15) is 0 Å². The van der Waals surface area contributed by atoms with Gasteiger partial charge in [0.25, 0.3) is 0 Å². The highest BCUT2D eigenvalue weighted by molar-refractivity contribution is 7.80. The zero-order chi connectivity index (χ0) is 11.8. The number of hydrogen-bond acceptors (Lipinski definition) is 4. The lowest BCUT2D eigenvalue weighted by Crippen LogP contribution is -2.38. The second-order valence-corrected chi connectivity index (χ2v) is 3.45. The number of rotatable bonds is 6. The number of carbonyl (C=O) groups excluding carboxylic acids is 2. The third-order valence-corrected chi connectivity index (χ3v) is 2.21. The first-order valence-corrected chi connectivity index (χ1v) is 5.07. The number of ether oxygens (including phenoxy) is 1. The summed E-state index contributed by atoms with van der Waals surface area (Å²) in [6, 6.07) is 0. The van der Waals surface area contributed by atoms with Crippen LogP contribution in [0.15, 0.2) is 0 Å². The molecule has 1 atom stereocenters. The Kier molecular flexibility index (Phi) is 6.61. The summed E-state index contributed by atoms with van der Waals surface area (Å²) in [6.45, 7) is 2.06. The highest BCUT2D eigenvalue weighted by atomic mass is 32.1. The number of nitrogens with two attached hydrogens (primary N) is 1. The van der Waals surface area contributed by atoms with Crippen LogP contribution < -0.4 is 11.1 Å². The molecule has 0 aromatic carbocycles. The van der Waals surface area contributed by atoms with E-state index in [1.54, 1.807) is 0 Å². The Bertz CT molecular complexity index is 256. The normalized spacial score (nSPS) is 11.6. The third-order valence-electron chi connectivity index (χ3n) is 1.92. The van der Waals surface area contributed by atoms with E-state index in [0.717, 1.165) is 0 Å². The second-order valence-electron chi connectivity index (χ2n) is 2.98. The molecule has 3 N–H and O–H groups in total. The smallest absolute Gasteiger partial charge is 0.307 e. The number of nitrogens with one attached hydrogen (secondary N) is 1. The van der Waals surface area contributed by atoms with Gasteiger partial charge in [-0.05, 0) is 6.42 Å². The Morgan fingerprint density at radius 3 is 2.53 bits per heavy atom. The SMILES string of the molecule is CCC(C(=O)NCCC(=O)OC)C(N)=S. The van der Waals surface area contributed by atoms with Gasteiger partial charge in [0.2, 0.25) is 5.91 Å². The van der Waals surface area contributed by atoms with Gasteiger partial charge in [0.1, 0.15) is 0 Å². The van der Waals surface area contributed by atoms with Crippen molar-refractivity contribution in [3.8, 4) is 0 Å². The second kappa shape index (κ2) is 7.17. The third kappa shape index (κ3) is 5.31. The predicted molar refractivity (Wildman–Crippen MR) is 60.2 cm³/mol. The van der Waals surface area contributed by atoms with E-state index in [9.17, 15) is 9.59 Å². The van der Waals surface area contributed by atoms with Crippen LogP contribution in [0.25, 0.3) is 0 Å². The Hall–Kier alpha value is -1.17. The fourth-order valence-electron chi connectivity index (χ4n) is 1.03. The van der Waals surface area contributed by atoms with Crippen molar-refractivity contribution in [2.45, 2.75) is 19.8 Å². The fraction of sp³-hybridized carbons (Fsp3) is 0.667. The van der Waals surface area contributed by atoms with E-state index in [4.69, 9.17) is 18.0 Å². The quantitative estimate of drug-likeness (QED) is 0.497. The van der Waals surface area contributed by atoms with E-state index in [1.807, 2.05) is 6.92 Å². The van der Waals surface area contributed by atoms with Gasteiger partial charge in [-0.3, -0.25) is 9.59 Å². The lowest BCUT2D eigenvalue weighted by atomic mass is 10.1. The molecule has 0 radical (unpaired) electrons. The van der Waals surface area contributed by atoms with Crippen molar-refractivity contribution in [3.63, 3.8) is 0 Å². The maximum absolute atomic E-state index is 11.5. The van der Waals surface area contributed by atoms with Gasteiger partial charge in [0.05, 0.1) is 24.4 Å². The largest absolute Gasteiger partial charge is 0.469 e. The van der Waals surface area contributed by atoms with Gasteiger partial charge >= 0.3 is 5.97 Å². The molecule has 0 fully saturated rings. The Labute approximate surface area is 94.3 Å². The van der Waals surface area contributed by atoms with Crippen molar-refractivity contribution in [2.24, 2.45) is 11.7 Å². The van der Waals surface area contributed by atoms with Crippen molar-refractivity contribution in [3.05, 3.63) is 0 Å². The van der Waals surface area contributed by atoms with Crippen LogP contribution in [0.2, 0.25) is 0 Å². The van der Waals surface area contributed by atoms with E-state index in [2.05, 4.69) is 10.1 Å². The molecule has 86 valence electrons. The molecule has 0 bridgehead atoms. The van der Waals surface area contributed by atoms with Crippen LogP contribution in [0, 0.1) is 5.92 Å². The van der Waals surface area contributed by atoms with Crippen LogP contribution in [-0.4, -0.2) is 30.5 Å². The minimum Gasteiger partial charge on any atom is -0.469 e. The van der Waals surface area contributed by atoms with E-state index < -0.39 is 5.92 Å². The summed E-state index contributed by atoms with van der Waals surface area (Å²) in [6.07, 6.45) is 0.704. The first-order chi connectivity index (χ1) is 7.02. The van der Waals surface area contributed by atoms with Gasteiger partial charge in [-0.1, -0.05) is 19.1 Å². The lowest BCUT2D eigenvalue weighted by Gasteiger charge is -2.12. The van der Waals surface area contributed by atoms with E-state index in [1.165, 1.54) is 7.11 Å². The summed E-state index contributed by atoms with van der Waals surface area (Å²) < 4.78 is 4.43. The van der Waals surface area contributed by atoms with Crippen LogP contribution in [0.3, 0.4) is 0 Å². The van der Waals surface area contributed by atoms with Crippen LogP contribution in [-0.2, 0) is 14.3 Å². The Balaban J connectivity index is 3.92. The number of hydrogen-bond donors (Lipinski definition) is 2. The molecule has 0 spiro atoms. The molecular weight excluding hydrogens is 216 g/mol. The first-order valence-electron chi connectivity index (χ1n) is 4.66. The van der Waals surface area contributed by atoms with Gasteiger partial charge in [-0.25, -0.2) is 0 Å². The average Bonchev–Trinajstić information content (AvgIpc) is 2.17. The van der Waals surface area contributed by atoms with Gasteiger partial charge < -0.3 is 15.8 Å². The van der Waals surface area contributed by atoms with Crippen LogP contribution in [0.1, 0.15) is 19.8 Å². The lowest BCUT2D eigenvalue weighted by molar-refractivity contribution is -0.140. The van der Waals surface area contributed by atoms with Crippen LogP contribution >= 0.6 is 12.2 Å². The summed E-state index contributed by atoms with van der Waals surface area (Å²) in [5, 5.41) is 2.57. The number of thiocarbonyl (C=S) groups is 1. The number of amides is 1. The maximum Gasteiger partial charge on any atom is 0.307 e. The molecule has 1 unspecified atom stereocenters. The fourth-order valence-corrected chi connectivity index (χ4v) is 1.30. The summed E-state index contributed by atoms with van der Waals surface area (Å²) in [5.74, 6) is -1.06. The molecule has 0 saturated heterocycles. The van der Waals surface area contributed by atoms with E-state index in [-0.39, 0.29) is 29.8 Å². The van der Waals surface area contributed by atoms with E-state index in [0.29, 0.717) is 6.42 Å². The summed E-state index contributed by atoms with van der Waals surface area (Å²) >= 11 is 4.74. The topological polar surface area (TPSA) is 81.4 Å². The molecule has 0 aliphatic heterocycles. The minimum atomic E-state index is -0.461. The number of esters is 1. The molecule has 0 aliphatic rings. The molecule has 1 amide bonds. The Morgan fingerprint density at radius 2 is 2.13 bits per heavy atom.